The second-order valence-corrected chi connectivity index (χ2v) is 16.6. The molecule has 49 heavy (non-hydrogen) atoms. The Bertz CT molecular complexity index is 2580. The first-order valence-electron chi connectivity index (χ1n) is 18.0. The molecule has 8 aromatic rings. The van der Waals surface area contributed by atoms with Gasteiger partial charge in [-0.15, -0.1) is 0 Å². The average molecular weight is 633 g/mol. The van der Waals surface area contributed by atoms with E-state index in [2.05, 4.69) is 170 Å². The molecule has 0 N–H and O–H groups in total. The summed E-state index contributed by atoms with van der Waals surface area (Å²) in [5.74, 6) is 0.643. The molecule has 0 fully saturated rings. The zero-order valence-electron chi connectivity index (χ0n) is 29.8. The van der Waals surface area contributed by atoms with Crippen LogP contribution < -0.4 is 0 Å². The summed E-state index contributed by atoms with van der Waals surface area (Å²) in [6.45, 7) is 16.3. The molecular formula is C49H44. The summed E-state index contributed by atoms with van der Waals surface area (Å²) < 4.78 is 0. The number of hydrogen-bond acceptors (Lipinski definition) is 0. The van der Waals surface area contributed by atoms with Crippen LogP contribution in [0.5, 0.6) is 0 Å². The molecule has 0 saturated heterocycles. The Labute approximate surface area is 290 Å². The molecule has 0 spiro atoms. The van der Waals surface area contributed by atoms with Crippen molar-refractivity contribution in [2.75, 3.05) is 0 Å². The Morgan fingerprint density at radius 3 is 1.73 bits per heavy atom. The van der Waals surface area contributed by atoms with Crippen molar-refractivity contribution in [2.24, 2.45) is 5.92 Å². The Morgan fingerprint density at radius 1 is 0.490 bits per heavy atom. The van der Waals surface area contributed by atoms with Gasteiger partial charge in [0.15, 0.2) is 0 Å². The highest BCUT2D eigenvalue weighted by atomic mass is 14.4. The Morgan fingerprint density at radius 2 is 1.02 bits per heavy atom. The number of rotatable bonds is 4. The van der Waals surface area contributed by atoms with Crippen LogP contribution in [0.25, 0.3) is 76.5 Å². The molecule has 0 nitrogen and oxygen atoms in total. The molecule has 1 aliphatic rings. The van der Waals surface area contributed by atoms with Gasteiger partial charge in [-0.3, -0.25) is 0 Å². The molecule has 0 bridgehead atoms. The quantitative estimate of drug-likeness (QED) is 0.169. The van der Waals surface area contributed by atoms with Crippen LogP contribution in [-0.4, -0.2) is 0 Å². The topological polar surface area (TPSA) is 0 Å². The van der Waals surface area contributed by atoms with Crippen LogP contribution in [0.2, 0.25) is 0 Å². The molecule has 1 aliphatic carbocycles. The summed E-state index contributed by atoms with van der Waals surface area (Å²) in [4.78, 5) is 0. The standard InChI is InChI=1S/C49H44/c1-29(2)22-30-23-37-13-8-31-14-18-40(43-20-16-38(24-30)46(37)47(31)43)36-12-11-32-25-33(9-10-34(32)26-36)35-15-19-41-42-21-17-39(48(3,4)5)28-45(42)49(6,7)44(41)27-35/h8-21,23-29H,22H2,1-7H3. The lowest BCUT2D eigenvalue weighted by Gasteiger charge is -2.25. The zero-order chi connectivity index (χ0) is 33.8. The lowest BCUT2D eigenvalue weighted by molar-refractivity contribution is 0.584. The van der Waals surface area contributed by atoms with E-state index in [1.165, 1.54) is 98.7 Å². The predicted octanol–water partition coefficient (Wildman–Crippen LogP) is 13.9. The largest absolute Gasteiger partial charge is 0.0625 e. The van der Waals surface area contributed by atoms with E-state index in [1.54, 1.807) is 0 Å². The van der Waals surface area contributed by atoms with Crippen molar-refractivity contribution in [1.82, 2.24) is 0 Å². The fraction of sp³-hybridized carbons (Fsp3) is 0.224. The predicted molar refractivity (Wildman–Crippen MR) is 213 cm³/mol. The van der Waals surface area contributed by atoms with E-state index in [9.17, 15) is 0 Å². The third kappa shape index (κ3) is 4.72. The minimum absolute atomic E-state index is 0.0370. The van der Waals surface area contributed by atoms with E-state index >= 15 is 0 Å². The highest BCUT2D eigenvalue weighted by molar-refractivity contribution is 6.25. The molecule has 0 aliphatic heterocycles. The van der Waals surface area contributed by atoms with Gasteiger partial charge in [0, 0.05) is 5.41 Å². The molecule has 240 valence electrons. The highest BCUT2D eigenvalue weighted by Gasteiger charge is 2.36. The number of hydrogen-bond donors (Lipinski definition) is 0. The first-order valence-corrected chi connectivity index (χ1v) is 18.0. The minimum Gasteiger partial charge on any atom is -0.0625 e. The normalized spacial score (nSPS) is 14.0. The summed E-state index contributed by atoms with van der Waals surface area (Å²) in [6.07, 6.45) is 1.11. The van der Waals surface area contributed by atoms with Crippen LogP contribution in [-0.2, 0) is 17.3 Å². The molecule has 9 rings (SSSR count). The maximum atomic E-state index is 2.45. The van der Waals surface area contributed by atoms with Crippen molar-refractivity contribution in [1.29, 1.82) is 0 Å². The average Bonchev–Trinajstić information content (AvgIpc) is 3.31. The van der Waals surface area contributed by atoms with Gasteiger partial charge in [-0.25, -0.2) is 0 Å². The zero-order valence-corrected chi connectivity index (χ0v) is 29.8. The van der Waals surface area contributed by atoms with Gasteiger partial charge >= 0.3 is 0 Å². The summed E-state index contributed by atoms with van der Waals surface area (Å²) in [5, 5.41) is 10.7. The lowest BCUT2D eigenvalue weighted by atomic mass is 9.78. The molecule has 0 unspecified atom stereocenters. The van der Waals surface area contributed by atoms with Gasteiger partial charge in [-0.1, -0.05) is 152 Å². The van der Waals surface area contributed by atoms with Crippen molar-refractivity contribution in [3.05, 3.63) is 144 Å². The first kappa shape index (κ1) is 30.1. The van der Waals surface area contributed by atoms with Gasteiger partial charge in [0.2, 0.25) is 0 Å². The van der Waals surface area contributed by atoms with Crippen LogP contribution in [0, 0.1) is 5.92 Å². The molecule has 0 heterocycles. The smallest absolute Gasteiger partial charge is 0.0159 e. The van der Waals surface area contributed by atoms with E-state index in [1.807, 2.05) is 0 Å². The van der Waals surface area contributed by atoms with Gasteiger partial charge in [0.25, 0.3) is 0 Å². The Balaban J connectivity index is 1.09. The summed E-state index contributed by atoms with van der Waals surface area (Å²) in [6, 6.07) is 46.9. The van der Waals surface area contributed by atoms with Gasteiger partial charge in [-0.05, 0) is 135 Å². The van der Waals surface area contributed by atoms with Crippen LogP contribution >= 0.6 is 0 Å². The van der Waals surface area contributed by atoms with Crippen molar-refractivity contribution in [3.63, 3.8) is 0 Å². The molecule has 8 aromatic carbocycles. The van der Waals surface area contributed by atoms with Gasteiger partial charge in [0.1, 0.15) is 0 Å². The maximum Gasteiger partial charge on any atom is 0.0159 e. The molecule has 0 atom stereocenters. The summed E-state index contributed by atoms with van der Waals surface area (Å²) in [5.41, 5.74) is 13.7. The van der Waals surface area contributed by atoms with Crippen LogP contribution in [0.15, 0.2) is 121 Å². The maximum absolute atomic E-state index is 2.45. The van der Waals surface area contributed by atoms with Crippen molar-refractivity contribution in [3.8, 4) is 33.4 Å². The molecule has 0 heteroatoms. The Hall–Kier alpha value is -4.94. The molecule has 0 aromatic heterocycles. The third-order valence-electron chi connectivity index (χ3n) is 11.3. The SMILES string of the molecule is CC(C)Cc1cc2ccc3ccc(-c4ccc5cc(-c6ccc7c(c6)C(C)(C)c6cc(C(C)(C)C)ccc6-7)ccc5c4)c4ccc(c1)c2c34. The second kappa shape index (κ2) is 10.5. The van der Waals surface area contributed by atoms with Gasteiger partial charge in [0.05, 0.1) is 0 Å². The van der Waals surface area contributed by atoms with Crippen molar-refractivity contribution < 1.29 is 0 Å². The van der Waals surface area contributed by atoms with E-state index in [0.29, 0.717) is 5.92 Å². The molecule has 0 amide bonds. The monoisotopic (exact) mass is 632 g/mol. The highest BCUT2D eigenvalue weighted by Crippen LogP contribution is 2.51. The number of fused-ring (bicyclic) bond motifs is 4. The van der Waals surface area contributed by atoms with Gasteiger partial charge in [-0.2, -0.15) is 0 Å². The second-order valence-electron chi connectivity index (χ2n) is 16.6. The molecular weight excluding hydrogens is 589 g/mol. The minimum atomic E-state index is -0.0370. The molecule has 0 radical (unpaired) electrons. The van der Waals surface area contributed by atoms with Crippen molar-refractivity contribution in [2.45, 2.75) is 65.7 Å². The van der Waals surface area contributed by atoms with E-state index in [4.69, 9.17) is 0 Å². The fourth-order valence-corrected chi connectivity index (χ4v) is 8.70. The van der Waals surface area contributed by atoms with E-state index < -0.39 is 0 Å². The van der Waals surface area contributed by atoms with Crippen molar-refractivity contribution >= 4 is 43.1 Å². The van der Waals surface area contributed by atoms with Gasteiger partial charge < -0.3 is 0 Å². The third-order valence-corrected chi connectivity index (χ3v) is 11.3. The summed E-state index contributed by atoms with van der Waals surface area (Å²) >= 11 is 0. The summed E-state index contributed by atoms with van der Waals surface area (Å²) in [7, 11) is 0. The van der Waals surface area contributed by atoms with E-state index in [-0.39, 0.29) is 10.8 Å². The first-order chi connectivity index (χ1) is 23.5. The Kier molecular flexibility index (Phi) is 6.48. The lowest BCUT2D eigenvalue weighted by Crippen LogP contribution is -2.17. The van der Waals surface area contributed by atoms with E-state index in [0.717, 1.165) is 6.42 Å². The molecule has 0 saturated carbocycles. The number of benzene rings is 8. The van der Waals surface area contributed by atoms with Crippen LogP contribution in [0.4, 0.5) is 0 Å². The van der Waals surface area contributed by atoms with Crippen LogP contribution in [0.1, 0.15) is 70.7 Å². The fourth-order valence-electron chi connectivity index (χ4n) is 8.70. The van der Waals surface area contributed by atoms with Crippen LogP contribution in [0.3, 0.4) is 0 Å².